The largest absolute Gasteiger partial charge is 0.287 e. The molecule has 0 radical (unpaired) electrons. The molecule has 1 nitrogen and oxygen atoms in total. The van der Waals surface area contributed by atoms with E-state index in [0.29, 0.717) is 0 Å². The Morgan fingerprint density at radius 2 is 2.40 bits per heavy atom. The van der Waals surface area contributed by atoms with Gasteiger partial charge in [0.15, 0.2) is 0 Å². The fourth-order valence-electron chi connectivity index (χ4n) is 0.416. The highest BCUT2D eigenvalue weighted by Crippen LogP contribution is 2.22. The summed E-state index contributed by atoms with van der Waals surface area (Å²) in [6.45, 7) is 0. The van der Waals surface area contributed by atoms with E-state index in [9.17, 15) is 4.79 Å². The number of hydrogen-bond donors (Lipinski definition) is 2. The average Bonchev–Trinajstić information content (AvgIpc) is 2.34. The minimum atomic E-state index is 0.0942. The van der Waals surface area contributed by atoms with Crippen LogP contribution in [0.25, 0.3) is 4.91 Å². The van der Waals surface area contributed by atoms with Gasteiger partial charge in [0.25, 0.3) is 4.06 Å². The van der Waals surface area contributed by atoms with E-state index < -0.39 is 0 Å². The van der Waals surface area contributed by atoms with Crippen molar-refractivity contribution in [2.45, 2.75) is 0 Å². The molecule has 0 amide bonds. The SMILES string of the molecule is O=c1scc(/C(S)=C/S)s1. The van der Waals surface area contributed by atoms with Crippen LogP contribution in [0.5, 0.6) is 0 Å². The lowest BCUT2D eigenvalue weighted by Gasteiger charge is -1.87. The molecule has 1 aromatic rings. The lowest BCUT2D eigenvalue weighted by molar-refractivity contribution is 2.12. The van der Waals surface area contributed by atoms with E-state index in [4.69, 9.17) is 0 Å². The third-order valence-electron chi connectivity index (χ3n) is 0.830. The van der Waals surface area contributed by atoms with Crippen LogP contribution in [0.2, 0.25) is 0 Å². The standard InChI is InChI=1S/C5H4OS4/c6-5-9-2-4(10-5)3(8)1-7/h1-2,7-8H/b3-1-. The molecule has 1 aromatic heterocycles. The summed E-state index contributed by atoms with van der Waals surface area (Å²) in [4.78, 5) is 12.3. The summed E-state index contributed by atoms with van der Waals surface area (Å²) in [6.07, 6.45) is 0. The average molecular weight is 208 g/mol. The van der Waals surface area contributed by atoms with E-state index in [1.54, 1.807) is 10.8 Å². The molecule has 0 bridgehead atoms. The zero-order valence-corrected chi connectivity index (χ0v) is 8.20. The lowest BCUT2D eigenvalue weighted by Crippen LogP contribution is -1.74. The fourth-order valence-corrected chi connectivity index (χ4v) is 2.55. The van der Waals surface area contributed by atoms with Gasteiger partial charge >= 0.3 is 0 Å². The van der Waals surface area contributed by atoms with Crippen LogP contribution in [0.4, 0.5) is 0 Å². The first-order valence-electron chi connectivity index (χ1n) is 2.36. The molecule has 10 heavy (non-hydrogen) atoms. The summed E-state index contributed by atoms with van der Waals surface area (Å²) in [5.74, 6) is 0. The van der Waals surface area contributed by atoms with E-state index >= 15 is 0 Å². The molecule has 0 saturated heterocycles. The Bertz CT molecular complexity index is 295. The maximum absolute atomic E-state index is 10.7. The second-order valence-electron chi connectivity index (χ2n) is 1.47. The van der Waals surface area contributed by atoms with Crippen LogP contribution in [0.3, 0.4) is 0 Å². The maximum atomic E-state index is 10.7. The van der Waals surface area contributed by atoms with Crippen LogP contribution in [0.15, 0.2) is 15.6 Å². The second kappa shape index (κ2) is 3.61. The summed E-state index contributed by atoms with van der Waals surface area (Å²) < 4.78 is 0.0942. The molecule has 0 N–H and O–H groups in total. The predicted molar refractivity (Wildman–Crippen MR) is 54.4 cm³/mol. The molecule has 0 atom stereocenters. The first-order valence-corrected chi connectivity index (χ1v) is 5.02. The van der Waals surface area contributed by atoms with Crippen molar-refractivity contribution in [2.75, 3.05) is 0 Å². The zero-order chi connectivity index (χ0) is 7.56. The minimum Gasteiger partial charge on any atom is -0.265 e. The molecule has 0 aliphatic heterocycles. The molecule has 5 heteroatoms. The van der Waals surface area contributed by atoms with Gasteiger partial charge in [0.2, 0.25) is 0 Å². The molecule has 0 saturated carbocycles. The van der Waals surface area contributed by atoms with Gasteiger partial charge < -0.3 is 0 Å². The molecule has 1 rings (SSSR count). The molecular weight excluding hydrogens is 204 g/mol. The smallest absolute Gasteiger partial charge is 0.265 e. The number of rotatable bonds is 1. The third kappa shape index (κ3) is 1.88. The van der Waals surface area contributed by atoms with E-state index in [-0.39, 0.29) is 4.06 Å². The Balaban J connectivity index is 3.07. The Hall–Kier alpha value is 0.290. The van der Waals surface area contributed by atoms with Crippen molar-refractivity contribution in [3.8, 4) is 0 Å². The first kappa shape index (κ1) is 8.39. The van der Waals surface area contributed by atoms with Gasteiger partial charge in [-0.25, -0.2) is 0 Å². The van der Waals surface area contributed by atoms with E-state index in [1.807, 2.05) is 0 Å². The van der Waals surface area contributed by atoms with E-state index in [1.165, 1.54) is 22.7 Å². The van der Waals surface area contributed by atoms with Crippen LogP contribution < -0.4 is 4.06 Å². The summed E-state index contributed by atoms with van der Waals surface area (Å²) in [5, 5.41) is 3.35. The normalized spacial score (nSPS) is 12.0. The van der Waals surface area contributed by atoms with Crippen LogP contribution in [0.1, 0.15) is 4.88 Å². The highest BCUT2D eigenvalue weighted by molar-refractivity contribution is 7.93. The second-order valence-corrected chi connectivity index (χ2v) is 4.32. The summed E-state index contributed by atoms with van der Waals surface area (Å²) in [7, 11) is 0. The quantitative estimate of drug-likeness (QED) is 0.677. The Morgan fingerprint density at radius 1 is 1.70 bits per heavy atom. The van der Waals surface area contributed by atoms with Crippen molar-refractivity contribution in [3.63, 3.8) is 0 Å². The predicted octanol–water partition coefficient (Wildman–Crippen LogP) is 2.33. The molecule has 0 spiro atoms. The molecule has 0 aliphatic rings. The lowest BCUT2D eigenvalue weighted by atomic mass is 10.6. The van der Waals surface area contributed by atoms with Gasteiger partial charge in [-0.1, -0.05) is 22.7 Å². The van der Waals surface area contributed by atoms with Crippen LogP contribution in [-0.2, 0) is 0 Å². The fraction of sp³-hybridized carbons (Fsp3) is 0. The van der Waals surface area contributed by atoms with Crippen LogP contribution in [0, 0.1) is 0 Å². The molecule has 0 fully saturated rings. The third-order valence-corrected chi connectivity index (χ3v) is 3.77. The van der Waals surface area contributed by atoms with Crippen LogP contribution in [-0.4, -0.2) is 0 Å². The summed E-state index contributed by atoms with van der Waals surface area (Å²) in [6, 6.07) is 0. The maximum Gasteiger partial charge on any atom is 0.287 e. The molecule has 0 unspecified atom stereocenters. The van der Waals surface area contributed by atoms with Crippen molar-refractivity contribution in [1.82, 2.24) is 0 Å². The Kier molecular flexibility index (Phi) is 3.03. The van der Waals surface area contributed by atoms with Crippen LogP contribution >= 0.6 is 47.9 Å². The van der Waals surface area contributed by atoms with Gasteiger partial charge in [-0.3, -0.25) is 4.79 Å². The van der Waals surface area contributed by atoms with Gasteiger partial charge in [-0.05, 0) is 5.41 Å². The highest BCUT2D eigenvalue weighted by atomic mass is 32.2. The van der Waals surface area contributed by atoms with Crippen molar-refractivity contribution < 1.29 is 0 Å². The van der Waals surface area contributed by atoms with Gasteiger partial charge in [0, 0.05) is 10.3 Å². The highest BCUT2D eigenvalue weighted by Gasteiger charge is 1.98. The van der Waals surface area contributed by atoms with Gasteiger partial charge in [0.05, 0.1) is 4.88 Å². The first-order chi connectivity index (χ1) is 4.74. The molecule has 0 aliphatic carbocycles. The van der Waals surface area contributed by atoms with Gasteiger partial charge in [-0.15, -0.1) is 12.6 Å². The van der Waals surface area contributed by atoms with Gasteiger partial charge in [-0.2, -0.15) is 12.6 Å². The van der Waals surface area contributed by atoms with E-state index in [0.717, 1.165) is 9.78 Å². The van der Waals surface area contributed by atoms with Gasteiger partial charge in [0.1, 0.15) is 0 Å². The molecule has 0 aromatic carbocycles. The monoisotopic (exact) mass is 208 g/mol. The number of hydrogen-bond acceptors (Lipinski definition) is 5. The van der Waals surface area contributed by atoms with Crippen molar-refractivity contribution in [2.24, 2.45) is 0 Å². The van der Waals surface area contributed by atoms with Crippen molar-refractivity contribution in [1.29, 1.82) is 0 Å². The van der Waals surface area contributed by atoms with Crippen molar-refractivity contribution >= 4 is 52.8 Å². The summed E-state index contributed by atoms with van der Waals surface area (Å²) in [5.41, 5.74) is 0. The zero-order valence-electron chi connectivity index (χ0n) is 4.77. The van der Waals surface area contributed by atoms with E-state index in [2.05, 4.69) is 25.3 Å². The Morgan fingerprint density at radius 3 is 2.80 bits per heavy atom. The minimum absolute atomic E-state index is 0.0942. The summed E-state index contributed by atoms with van der Waals surface area (Å²) >= 11 is 10.4. The molecule has 1 heterocycles. The van der Waals surface area contributed by atoms with Crippen molar-refractivity contribution in [3.05, 3.63) is 24.5 Å². The molecular formula is C5H4OS4. The topological polar surface area (TPSA) is 17.1 Å². The number of thiol groups is 2. The molecule has 54 valence electrons. The Labute approximate surface area is 77.2 Å².